The number of amides is 1. The second-order valence-electron chi connectivity index (χ2n) is 8.46. The minimum atomic E-state index is -0.401. The zero-order chi connectivity index (χ0) is 25.3. The first kappa shape index (κ1) is 24.8. The van der Waals surface area contributed by atoms with Gasteiger partial charge >= 0.3 is 0 Å². The number of nitrogens with zero attached hydrogens (tertiary/aromatic N) is 3. The number of aromatic nitrogens is 3. The summed E-state index contributed by atoms with van der Waals surface area (Å²) in [4.78, 5) is 13.2. The smallest absolute Gasteiger partial charge is 0.278 e. The van der Waals surface area contributed by atoms with Crippen LogP contribution in [0.3, 0.4) is 0 Å². The van der Waals surface area contributed by atoms with Crippen molar-refractivity contribution < 1.29 is 14.1 Å². The molecule has 0 aliphatic rings. The van der Waals surface area contributed by atoms with Crippen molar-refractivity contribution in [3.63, 3.8) is 0 Å². The summed E-state index contributed by atoms with van der Waals surface area (Å²) in [5.41, 5.74) is 5.85. The molecule has 0 fully saturated rings. The number of ether oxygens (including phenoxy) is 1. The van der Waals surface area contributed by atoms with E-state index < -0.39 is 5.91 Å². The van der Waals surface area contributed by atoms with Gasteiger partial charge in [0.1, 0.15) is 18.1 Å². The van der Waals surface area contributed by atoms with E-state index in [1.54, 1.807) is 29.8 Å². The zero-order valence-corrected chi connectivity index (χ0v) is 21.7. The number of halogens is 2. The first-order valence-electron chi connectivity index (χ1n) is 11.1. The Kier molecular flexibility index (Phi) is 7.19. The summed E-state index contributed by atoms with van der Waals surface area (Å²) >= 11 is 12.7. The molecule has 35 heavy (non-hydrogen) atoms. The van der Waals surface area contributed by atoms with Crippen molar-refractivity contribution in [3.05, 3.63) is 91.5 Å². The highest BCUT2D eigenvalue weighted by Crippen LogP contribution is 2.28. The average molecular weight is 513 g/mol. The van der Waals surface area contributed by atoms with Crippen LogP contribution < -0.4 is 10.1 Å². The number of hydrogen-bond donors (Lipinski definition) is 1. The quantitative estimate of drug-likeness (QED) is 0.301. The zero-order valence-electron chi connectivity index (χ0n) is 20.2. The Labute approximate surface area is 214 Å². The van der Waals surface area contributed by atoms with Gasteiger partial charge in [-0.2, -0.15) is 5.10 Å². The molecule has 2 heterocycles. The predicted molar refractivity (Wildman–Crippen MR) is 137 cm³/mol. The number of carbonyl (C=O) groups excluding carboxylic acids is 1. The highest BCUT2D eigenvalue weighted by Gasteiger charge is 2.23. The Morgan fingerprint density at radius 3 is 2.43 bits per heavy atom. The van der Waals surface area contributed by atoms with Crippen LogP contribution in [-0.4, -0.2) is 20.8 Å². The van der Waals surface area contributed by atoms with Crippen molar-refractivity contribution in [1.82, 2.24) is 14.9 Å². The minimum absolute atomic E-state index is 0.156. The van der Waals surface area contributed by atoms with Gasteiger partial charge in [-0.15, -0.1) is 0 Å². The Balaban J connectivity index is 1.53. The van der Waals surface area contributed by atoms with Crippen LogP contribution in [0.25, 0.3) is 0 Å². The summed E-state index contributed by atoms with van der Waals surface area (Å²) in [5.74, 6) is 0.838. The molecule has 0 saturated heterocycles. The average Bonchev–Trinajstić information content (AvgIpc) is 3.31. The Morgan fingerprint density at radius 1 is 1.03 bits per heavy atom. The fraction of sp³-hybridized carbons (Fsp3) is 0.269. The van der Waals surface area contributed by atoms with E-state index in [1.165, 1.54) is 5.56 Å². The van der Waals surface area contributed by atoms with Gasteiger partial charge in [0.15, 0.2) is 5.69 Å². The Morgan fingerprint density at radius 2 is 1.74 bits per heavy atom. The van der Waals surface area contributed by atoms with E-state index in [2.05, 4.69) is 15.6 Å². The van der Waals surface area contributed by atoms with E-state index in [9.17, 15) is 4.79 Å². The van der Waals surface area contributed by atoms with Crippen molar-refractivity contribution in [1.29, 1.82) is 0 Å². The van der Waals surface area contributed by atoms with Gasteiger partial charge in [-0.1, -0.05) is 40.5 Å². The van der Waals surface area contributed by atoms with Crippen molar-refractivity contribution in [3.8, 4) is 5.75 Å². The molecule has 0 atom stereocenters. The van der Waals surface area contributed by atoms with Crippen LogP contribution in [0.1, 0.15) is 49.9 Å². The van der Waals surface area contributed by atoms with Gasteiger partial charge in [0, 0.05) is 15.6 Å². The minimum Gasteiger partial charge on any atom is -0.489 e. The second kappa shape index (κ2) is 10.1. The SMILES string of the molecule is Cc1ccc(OCc2c(C(=O)Nc3c(C)nn(Cc4c(Cl)cccc4Cl)c3C)noc2C)cc1C. The van der Waals surface area contributed by atoms with E-state index in [-0.39, 0.29) is 12.3 Å². The van der Waals surface area contributed by atoms with Gasteiger partial charge in [0.25, 0.3) is 5.91 Å². The molecule has 0 aliphatic carbocycles. The molecule has 4 aromatic rings. The third kappa shape index (κ3) is 5.21. The summed E-state index contributed by atoms with van der Waals surface area (Å²) in [5, 5.41) is 12.6. The van der Waals surface area contributed by atoms with E-state index in [0.29, 0.717) is 45.0 Å². The molecule has 4 rings (SSSR count). The maximum atomic E-state index is 13.2. The second-order valence-corrected chi connectivity index (χ2v) is 9.27. The van der Waals surface area contributed by atoms with Crippen LogP contribution in [-0.2, 0) is 13.2 Å². The Hall–Kier alpha value is -3.29. The van der Waals surface area contributed by atoms with Crippen LogP contribution >= 0.6 is 23.2 Å². The molecule has 0 spiro atoms. The van der Waals surface area contributed by atoms with Gasteiger partial charge in [0.05, 0.1) is 29.2 Å². The summed E-state index contributed by atoms with van der Waals surface area (Å²) in [7, 11) is 0. The number of carbonyl (C=O) groups is 1. The molecule has 1 N–H and O–H groups in total. The summed E-state index contributed by atoms with van der Waals surface area (Å²) in [6, 6.07) is 11.2. The summed E-state index contributed by atoms with van der Waals surface area (Å²) in [6.45, 7) is 10.0. The molecular formula is C26H26Cl2N4O3. The van der Waals surface area contributed by atoms with Crippen molar-refractivity contribution in [2.45, 2.75) is 47.8 Å². The molecule has 1 amide bonds. The Bertz CT molecular complexity index is 1390. The van der Waals surface area contributed by atoms with E-state index in [1.807, 2.05) is 45.9 Å². The fourth-order valence-corrected chi connectivity index (χ4v) is 4.25. The normalized spacial score (nSPS) is 11.1. The highest BCUT2D eigenvalue weighted by molar-refractivity contribution is 6.36. The van der Waals surface area contributed by atoms with Crippen LogP contribution in [0, 0.1) is 34.6 Å². The van der Waals surface area contributed by atoms with Gasteiger partial charge in [-0.05, 0) is 70.0 Å². The molecule has 7 nitrogen and oxygen atoms in total. The molecular weight excluding hydrogens is 487 g/mol. The van der Waals surface area contributed by atoms with Crippen LogP contribution in [0.4, 0.5) is 5.69 Å². The molecule has 9 heteroatoms. The van der Waals surface area contributed by atoms with Crippen LogP contribution in [0.15, 0.2) is 40.9 Å². The third-order valence-electron chi connectivity index (χ3n) is 6.05. The van der Waals surface area contributed by atoms with Crippen molar-refractivity contribution >= 4 is 34.8 Å². The molecule has 2 aromatic carbocycles. The van der Waals surface area contributed by atoms with Crippen LogP contribution in [0.5, 0.6) is 5.75 Å². The molecule has 0 aliphatic heterocycles. The molecule has 182 valence electrons. The maximum Gasteiger partial charge on any atom is 0.278 e. The molecule has 0 radical (unpaired) electrons. The van der Waals surface area contributed by atoms with Gasteiger partial charge in [0.2, 0.25) is 0 Å². The summed E-state index contributed by atoms with van der Waals surface area (Å²) in [6.07, 6.45) is 0. The monoisotopic (exact) mass is 512 g/mol. The lowest BCUT2D eigenvalue weighted by Gasteiger charge is -2.10. The van der Waals surface area contributed by atoms with E-state index in [0.717, 1.165) is 16.8 Å². The van der Waals surface area contributed by atoms with E-state index >= 15 is 0 Å². The predicted octanol–water partition coefficient (Wildman–Crippen LogP) is 6.60. The topological polar surface area (TPSA) is 82.2 Å². The highest BCUT2D eigenvalue weighted by atomic mass is 35.5. The first-order valence-corrected chi connectivity index (χ1v) is 11.8. The molecule has 0 saturated carbocycles. The van der Waals surface area contributed by atoms with Gasteiger partial charge < -0.3 is 14.6 Å². The molecule has 2 aromatic heterocycles. The lowest BCUT2D eigenvalue weighted by Crippen LogP contribution is -2.16. The number of anilines is 1. The van der Waals surface area contributed by atoms with E-state index in [4.69, 9.17) is 32.5 Å². The number of benzene rings is 2. The maximum absolute atomic E-state index is 13.2. The van der Waals surface area contributed by atoms with Crippen LogP contribution in [0.2, 0.25) is 10.0 Å². The largest absolute Gasteiger partial charge is 0.489 e. The van der Waals surface area contributed by atoms with Gasteiger partial charge in [-0.25, -0.2) is 0 Å². The van der Waals surface area contributed by atoms with Crippen molar-refractivity contribution in [2.24, 2.45) is 0 Å². The number of rotatable bonds is 7. The first-order chi connectivity index (χ1) is 16.7. The number of aryl methyl sites for hydroxylation is 4. The number of hydrogen-bond acceptors (Lipinski definition) is 5. The van der Waals surface area contributed by atoms with Gasteiger partial charge in [-0.3, -0.25) is 9.48 Å². The lowest BCUT2D eigenvalue weighted by molar-refractivity contribution is 0.101. The fourth-order valence-electron chi connectivity index (χ4n) is 3.74. The lowest BCUT2D eigenvalue weighted by atomic mass is 10.1. The number of nitrogens with one attached hydrogen (secondary N) is 1. The summed E-state index contributed by atoms with van der Waals surface area (Å²) < 4.78 is 13.0. The molecule has 0 unspecified atom stereocenters. The molecule has 0 bridgehead atoms. The van der Waals surface area contributed by atoms with Crippen molar-refractivity contribution in [2.75, 3.05) is 5.32 Å². The third-order valence-corrected chi connectivity index (χ3v) is 6.76. The standard InChI is InChI=1S/C26H26Cl2N4O3/c1-14-9-10-19(11-15(14)2)34-13-21-18(5)35-31-25(21)26(33)29-24-16(3)30-32(17(24)4)12-20-22(27)7-6-8-23(20)28/h6-11H,12-13H2,1-5H3,(H,29,33).